The Morgan fingerprint density at radius 2 is 1.71 bits per heavy atom. The first kappa shape index (κ1) is 16.3. The Kier molecular flexibility index (Phi) is 4.96. The largest absolute Gasteiger partial charge is 0.329 e. The molecule has 1 atom stereocenters. The molecule has 1 aliphatic carbocycles. The van der Waals surface area contributed by atoms with E-state index in [-0.39, 0.29) is 11.6 Å². The first-order chi connectivity index (χ1) is 9.88. The average Bonchev–Trinajstić information content (AvgIpc) is 2.33. The highest BCUT2D eigenvalue weighted by Gasteiger charge is 2.40. The molecular weight excluding hydrogens is 272 g/mol. The highest BCUT2D eigenvalue weighted by molar-refractivity contribution is 5.22. The molecule has 1 aromatic rings. The van der Waals surface area contributed by atoms with Crippen molar-refractivity contribution in [1.29, 1.82) is 0 Å². The standard InChI is InChI=1S/C16H25F2N3/c1-20(2)16(5-4-6-16)11-21(3)15(10-19)12-7-13(17)9-14(18)8-12/h7-9,15H,4-6,10-11,19H2,1-3H3. The fourth-order valence-electron chi connectivity index (χ4n) is 3.24. The van der Waals surface area contributed by atoms with Crippen LogP contribution in [0.1, 0.15) is 30.9 Å². The number of halogens is 2. The van der Waals surface area contributed by atoms with Gasteiger partial charge in [0.25, 0.3) is 0 Å². The molecule has 1 fully saturated rings. The molecule has 0 amide bonds. The smallest absolute Gasteiger partial charge is 0.126 e. The second-order valence-electron chi connectivity index (χ2n) is 6.34. The Morgan fingerprint density at radius 3 is 2.10 bits per heavy atom. The molecule has 5 heteroatoms. The lowest BCUT2D eigenvalue weighted by molar-refractivity contribution is 0.0167. The van der Waals surface area contributed by atoms with E-state index >= 15 is 0 Å². The third kappa shape index (κ3) is 3.42. The minimum absolute atomic E-state index is 0.161. The monoisotopic (exact) mass is 297 g/mol. The number of hydrogen-bond donors (Lipinski definition) is 1. The predicted molar refractivity (Wildman–Crippen MR) is 81.1 cm³/mol. The van der Waals surface area contributed by atoms with Crippen molar-refractivity contribution in [3.8, 4) is 0 Å². The van der Waals surface area contributed by atoms with Crippen molar-refractivity contribution >= 4 is 0 Å². The molecule has 1 aliphatic rings. The van der Waals surface area contributed by atoms with Gasteiger partial charge in [0.15, 0.2) is 0 Å². The van der Waals surface area contributed by atoms with Crippen molar-refractivity contribution in [3.63, 3.8) is 0 Å². The molecule has 2 rings (SSSR count). The third-order valence-electron chi connectivity index (χ3n) is 4.80. The molecule has 0 radical (unpaired) electrons. The van der Waals surface area contributed by atoms with E-state index < -0.39 is 11.6 Å². The maximum absolute atomic E-state index is 13.4. The number of rotatable bonds is 6. The molecule has 1 saturated carbocycles. The van der Waals surface area contributed by atoms with Crippen LogP contribution in [0, 0.1) is 11.6 Å². The van der Waals surface area contributed by atoms with Crippen molar-refractivity contribution in [3.05, 3.63) is 35.4 Å². The molecule has 118 valence electrons. The third-order valence-corrected chi connectivity index (χ3v) is 4.80. The number of hydrogen-bond acceptors (Lipinski definition) is 3. The molecule has 21 heavy (non-hydrogen) atoms. The zero-order chi connectivity index (χ0) is 15.6. The lowest BCUT2D eigenvalue weighted by atomic mass is 9.75. The second kappa shape index (κ2) is 6.38. The summed E-state index contributed by atoms with van der Waals surface area (Å²) in [6.45, 7) is 1.18. The highest BCUT2D eigenvalue weighted by Crippen LogP contribution is 2.38. The van der Waals surface area contributed by atoms with Gasteiger partial charge in [0.2, 0.25) is 0 Å². The maximum Gasteiger partial charge on any atom is 0.126 e. The van der Waals surface area contributed by atoms with Crippen LogP contribution in [0.5, 0.6) is 0 Å². The Hall–Kier alpha value is -1.04. The second-order valence-corrected chi connectivity index (χ2v) is 6.34. The average molecular weight is 297 g/mol. The van der Waals surface area contributed by atoms with Crippen molar-refractivity contribution in [2.24, 2.45) is 5.73 Å². The molecule has 1 unspecified atom stereocenters. The van der Waals surface area contributed by atoms with Crippen molar-refractivity contribution in [2.75, 3.05) is 34.2 Å². The van der Waals surface area contributed by atoms with Crippen molar-refractivity contribution < 1.29 is 8.78 Å². The normalized spacial score (nSPS) is 18.9. The summed E-state index contributed by atoms with van der Waals surface area (Å²) in [6.07, 6.45) is 3.53. The molecule has 0 heterocycles. The summed E-state index contributed by atoms with van der Waals surface area (Å²) < 4.78 is 26.8. The van der Waals surface area contributed by atoms with Gasteiger partial charge >= 0.3 is 0 Å². The summed E-state index contributed by atoms with van der Waals surface area (Å²) in [5.74, 6) is -1.11. The minimum Gasteiger partial charge on any atom is -0.329 e. The molecular formula is C16H25F2N3. The zero-order valence-electron chi connectivity index (χ0n) is 13.1. The van der Waals surface area contributed by atoms with Crippen LogP contribution in [-0.4, -0.2) is 49.6 Å². The molecule has 1 aromatic carbocycles. The predicted octanol–water partition coefficient (Wildman–Crippen LogP) is 2.38. The lowest BCUT2D eigenvalue weighted by Gasteiger charge is -2.50. The van der Waals surface area contributed by atoms with Gasteiger partial charge in [0.05, 0.1) is 0 Å². The summed E-state index contributed by atoms with van der Waals surface area (Å²) in [4.78, 5) is 4.38. The topological polar surface area (TPSA) is 32.5 Å². The summed E-state index contributed by atoms with van der Waals surface area (Å²) in [5.41, 5.74) is 6.62. The number of nitrogens with zero attached hydrogens (tertiary/aromatic N) is 2. The van der Waals surface area contributed by atoms with Crippen molar-refractivity contribution in [1.82, 2.24) is 9.80 Å². The van der Waals surface area contributed by atoms with E-state index in [1.54, 1.807) is 0 Å². The van der Waals surface area contributed by atoms with E-state index in [0.717, 1.165) is 25.5 Å². The molecule has 0 bridgehead atoms. The van der Waals surface area contributed by atoms with Gasteiger partial charge in [-0.2, -0.15) is 0 Å². The van der Waals surface area contributed by atoms with Crippen LogP contribution in [0.3, 0.4) is 0 Å². The first-order valence-electron chi connectivity index (χ1n) is 7.42. The molecule has 0 aromatic heterocycles. The van der Waals surface area contributed by atoms with E-state index in [4.69, 9.17) is 5.73 Å². The Bertz CT molecular complexity index is 466. The highest BCUT2D eigenvalue weighted by atomic mass is 19.1. The van der Waals surface area contributed by atoms with Gasteiger partial charge in [-0.15, -0.1) is 0 Å². The summed E-state index contributed by atoms with van der Waals surface area (Å²) in [7, 11) is 6.16. The lowest BCUT2D eigenvalue weighted by Crippen LogP contribution is -2.57. The van der Waals surface area contributed by atoms with Gasteiger partial charge in [0, 0.05) is 30.7 Å². The number of likely N-dealkylation sites (N-methyl/N-ethyl adjacent to an activating group) is 2. The summed E-state index contributed by atoms with van der Waals surface area (Å²) in [5, 5.41) is 0. The van der Waals surface area contributed by atoms with Crippen LogP contribution in [0.4, 0.5) is 8.78 Å². The van der Waals surface area contributed by atoms with E-state index in [9.17, 15) is 8.78 Å². The van der Waals surface area contributed by atoms with Gasteiger partial charge in [-0.3, -0.25) is 4.90 Å². The van der Waals surface area contributed by atoms with E-state index in [1.165, 1.54) is 18.6 Å². The van der Waals surface area contributed by atoms with Gasteiger partial charge < -0.3 is 10.6 Å². The van der Waals surface area contributed by atoms with Gasteiger partial charge in [-0.1, -0.05) is 0 Å². The van der Waals surface area contributed by atoms with Crippen LogP contribution in [-0.2, 0) is 0 Å². The van der Waals surface area contributed by atoms with E-state index in [2.05, 4.69) is 23.9 Å². The zero-order valence-corrected chi connectivity index (χ0v) is 13.1. The summed E-state index contributed by atoms with van der Waals surface area (Å²) >= 11 is 0. The van der Waals surface area contributed by atoms with Crippen LogP contribution >= 0.6 is 0 Å². The van der Waals surface area contributed by atoms with Crippen LogP contribution < -0.4 is 5.73 Å². The Morgan fingerprint density at radius 1 is 1.14 bits per heavy atom. The van der Waals surface area contributed by atoms with E-state index in [1.807, 2.05) is 7.05 Å². The van der Waals surface area contributed by atoms with Gasteiger partial charge in [-0.05, 0) is 58.1 Å². The van der Waals surface area contributed by atoms with Crippen LogP contribution in [0.15, 0.2) is 18.2 Å². The maximum atomic E-state index is 13.4. The molecule has 0 aliphatic heterocycles. The summed E-state index contributed by atoms with van der Waals surface area (Å²) in [6, 6.07) is 3.47. The Balaban J connectivity index is 2.16. The fraction of sp³-hybridized carbons (Fsp3) is 0.625. The number of benzene rings is 1. The van der Waals surface area contributed by atoms with Gasteiger partial charge in [-0.25, -0.2) is 8.78 Å². The van der Waals surface area contributed by atoms with Gasteiger partial charge in [0.1, 0.15) is 11.6 Å². The fourth-order valence-corrected chi connectivity index (χ4v) is 3.24. The Labute approximate surface area is 125 Å². The quantitative estimate of drug-likeness (QED) is 0.875. The molecule has 0 spiro atoms. The first-order valence-corrected chi connectivity index (χ1v) is 7.42. The van der Waals surface area contributed by atoms with Crippen LogP contribution in [0.25, 0.3) is 0 Å². The molecule has 2 N–H and O–H groups in total. The molecule has 0 saturated heterocycles. The van der Waals surface area contributed by atoms with E-state index in [0.29, 0.717) is 12.1 Å². The van der Waals surface area contributed by atoms with Crippen molar-refractivity contribution in [2.45, 2.75) is 30.8 Å². The molecule has 3 nitrogen and oxygen atoms in total. The number of nitrogens with two attached hydrogens (primary N) is 1. The van der Waals surface area contributed by atoms with Crippen LogP contribution in [0.2, 0.25) is 0 Å². The SMILES string of the molecule is CN(CC1(N(C)C)CCC1)C(CN)c1cc(F)cc(F)c1. The minimum atomic E-state index is -0.553.